The second kappa shape index (κ2) is 2.98. The summed E-state index contributed by atoms with van der Waals surface area (Å²) in [6, 6.07) is 1.70. The topological polar surface area (TPSA) is 23.8 Å². The summed E-state index contributed by atoms with van der Waals surface area (Å²) in [5.41, 5.74) is 0. The maximum absolute atomic E-state index is 12.9. The van der Waals surface area contributed by atoms with E-state index in [1.165, 1.54) is 6.92 Å². The fourth-order valence-corrected chi connectivity index (χ4v) is 1.61. The van der Waals surface area contributed by atoms with E-state index in [2.05, 4.69) is 0 Å². The minimum atomic E-state index is -3.77. The Kier molecular flexibility index (Phi) is 2.90. The van der Waals surface area contributed by atoms with Crippen LogP contribution in [0.4, 0.5) is 7.77 Å². The van der Waals surface area contributed by atoms with Gasteiger partial charge in [0, 0.05) is 6.26 Å². The number of rotatable bonds is 2. The molecule has 0 bridgehead atoms. The van der Waals surface area contributed by atoms with E-state index in [1.807, 2.05) is 0 Å². The molecule has 0 saturated carbocycles. The molecule has 0 aromatic rings. The Labute approximate surface area is 68.3 Å². The minimum Gasteiger partial charge on any atom is -0.197 e. The molecule has 0 aromatic carbocycles. The van der Waals surface area contributed by atoms with Crippen LogP contribution >= 0.6 is 10.8 Å². The fourth-order valence-electron chi connectivity index (χ4n) is 0.623. The van der Waals surface area contributed by atoms with E-state index in [4.69, 9.17) is 5.26 Å². The van der Waals surface area contributed by atoms with Gasteiger partial charge in [0.05, 0.1) is 16.9 Å². The second-order valence-corrected chi connectivity index (χ2v) is 5.40. The van der Waals surface area contributed by atoms with Gasteiger partial charge in [0.1, 0.15) is 4.75 Å². The number of hydrogen-bond acceptors (Lipinski definition) is 1. The lowest BCUT2D eigenvalue weighted by atomic mass is 9.99. The summed E-state index contributed by atoms with van der Waals surface area (Å²) in [5, 5.41) is 8.58. The van der Waals surface area contributed by atoms with Gasteiger partial charge in [0.15, 0.2) is 0 Å². The van der Waals surface area contributed by atoms with Crippen LogP contribution in [-0.2, 0) is 0 Å². The van der Waals surface area contributed by atoms with Gasteiger partial charge in [0.2, 0.25) is 0 Å². The van der Waals surface area contributed by atoms with E-state index < -0.39 is 15.5 Å². The standard InChI is InChI=1S/C7H13F2NS/c1-6(2)7(3,5-10)11(4,8)9/h6H,1-4H3. The summed E-state index contributed by atoms with van der Waals surface area (Å²) in [6.45, 7) is 4.62. The molecule has 0 heterocycles. The summed E-state index contributed by atoms with van der Waals surface area (Å²) in [5.74, 6) is -0.303. The van der Waals surface area contributed by atoms with Gasteiger partial charge in [-0.2, -0.15) is 13.0 Å². The van der Waals surface area contributed by atoms with Crippen molar-refractivity contribution < 1.29 is 7.77 Å². The smallest absolute Gasteiger partial charge is 0.139 e. The molecule has 0 aliphatic rings. The van der Waals surface area contributed by atoms with Crippen molar-refractivity contribution in [2.75, 3.05) is 6.26 Å². The summed E-state index contributed by atoms with van der Waals surface area (Å²) in [6.07, 6.45) is 0.871. The van der Waals surface area contributed by atoms with E-state index in [1.54, 1.807) is 19.9 Å². The molecule has 0 fully saturated rings. The van der Waals surface area contributed by atoms with Crippen LogP contribution in [0.25, 0.3) is 0 Å². The SMILES string of the molecule is CC(C)C(C)(C#N)S(C)(F)F. The van der Waals surface area contributed by atoms with Crippen molar-refractivity contribution in [1.29, 1.82) is 5.26 Å². The summed E-state index contributed by atoms with van der Waals surface area (Å²) in [4.78, 5) is 0. The van der Waals surface area contributed by atoms with Crippen molar-refractivity contribution in [1.82, 2.24) is 0 Å². The number of nitrogens with zero attached hydrogens (tertiary/aromatic N) is 1. The normalized spacial score (nSPS) is 19.1. The third-order valence-electron chi connectivity index (χ3n) is 2.07. The molecule has 0 N–H and O–H groups in total. The largest absolute Gasteiger partial charge is 0.197 e. The fraction of sp³-hybridized carbons (Fsp3) is 0.857. The molecule has 4 heteroatoms. The summed E-state index contributed by atoms with van der Waals surface area (Å²) < 4.78 is 24.3. The van der Waals surface area contributed by atoms with Crippen LogP contribution in [0.5, 0.6) is 0 Å². The third kappa shape index (κ3) is 1.84. The van der Waals surface area contributed by atoms with Gasteiger partial charge in [0.25, 0.3) is 0 Å². The molecule has 0 rings (SSSR count). The molecule has 0 aliphatic carbocycles. The molecule has 0 aliphatic heterocycles. The molecule has 66 valence electrons. The first-order valence-electron chi connectivity index (χ1n) is 3.34. The highest BCUT2D eigenvalue weighted by molar-refractivity contribution is 8.26. The van der Waals surface area contributed by atoms with E-state index in [-0.39, 0.29) is 5.92 Å². The van der Waals surface area contributed by atoms with Crippen molar-refractivity contribution in [2.45, 2.75) is 25.5 Å². The van der Waals surface area contributed by atoms with Crippen molar-refractivity contribution in [3.05, 3.63) is 0 Å². The predicted octanol–water partition coefficient (Wildman–Crippen LogP) is 3.13. The number of nitriles is 1. The predicted molar refractivity (Wildman–Crippen MR) is 44.6 cm³/mol. The first kappa shape index (κ1) is 10.7. The second-order valence-electron chi connectivity index (χ2n) is 3.10. The number of hydrogen-bond donors (Lipinski definition) is 0. The average molecular weight is 181 g/mol. The van der Waals surface area contributed by atoms with Gasteiger partial charge in [-0.25, -0.2) is 0 Å². The van der Waals surface area contributed by atoms with Gasteiger partial charge in [-0.3, -0.25) is 0 Å². The Balaban J connectivity index is 4.80. The zero-order valence-corrected chi connectivity index (χ0v) is 8.01. The van der Waals surface area contributed by atoms with Crippen molar-refractivity contribution in [3.8, 4) is 6.07 Å². The molecule has 0 amide bonds. The van der Waals surface area contributed by atoms with Crippen LogP contribution < -0.4 is 0 Å². The first-order chi connectivity index (χ1) is 4.75. The van der Waals surface area contributed by atoms with Crippen LogP contribution in [0, 0.1) is 17.2 Å². The van der Waals surface area contributed by atoms with E-state index in [0.717, 1.165) is 6.26 Å². The van der Waals surface area contributed by atoms with Gasteiger partial charge in [-0.15, -0.1) is 0 Å². The maximum atomic E-state index is 12.9. The van der Waals surface area contributed by atoms with Crippen LogP contribution in [0.1, 0.15) is 20.8 Å². The molecule has 1 nitrogen and oxygen atoms in total. The molecule has 0 radical (unpaired) electrons. The van der Waals surface area contributed by atoms with E-state index in [0.29, 0.717) is 0 Å². The Morgan fingerprint density at radius 1 is 1.45 bits per heavy atom. The van der Waals surface area contributed by atoms with E-state index >= 15 is 0 Å². The summed E-state index contributed by atoms with van der Waals surface area (Å²) in [7, 11) is -3.77. The molecule has 1 atom stereocenters. The Hall–Kier alpha value is -0.300. The van der Waals surface area contributed by atoms with Gasteiger partial charge < -0.3 is 0 Å². The highest BCUT2D eigenvalue weighted by Crippen LogP contribution is 2.61. The van der Waals surface area contributed by atoms with Crippen LogP contribution in [-0.4, -0.2) is 11.0 Å². The lowest BCUT2D eigenvalue weighted by molar-refractivity contribution is 0.513. The van der Waals surface area contributed by atoms with Gasteiger partial charge in [-0.1, -0.05) is 13.8 Å². The summed E-state index contributed by atoms with van der Waals surface area (Å²) >= 11 is 0. The quantitative estimate of drug-likeness (QED) is 0.642. The Bertz CT molecular complexity index is 180. The molecule has 0 spiro atoms. The van der Waals surface area contributed by atoms with Crippen LogP contribution in [0.2, 0.25) is 0 Å². The lowest BCUT2D eigenvalue weighted by Gasteiger charge is -2.34. The molecule has 0 aromatic heterocycles. The van der Waals surface area contributed by atoms with Gasteiger partial charge in [-0.05, 0) is 12.8 Å². The zero-order valence-electron chi connectivity index (χ0n) is 7.19. The van der Waals surface area contributed by atoms with E-state index in [9.17, 15) is 7.77 Å². The molecular formula is C7H13F2NS. The molecule has 11 heavy (non-hydrogen) atoms. The minimum absolute atomic E-state index is 0.303. The third-order valence-corrected chi connectivity index (χ3v) is 4.12. The van der Waals surface area contributed by atoms with Crippen LogP contribution in [0.15, 0.2) is 0 Å². The first-order valence-corrected chi connectivity index (χ1v) is 5.18. The van der Waals surface area contributed by atoms with Crippen LogP contribution in [0.3, 0.4) is 0 Å². The lowest BCUT2D eigenvalue weighted by Crippen LogP contribution is -2.31. The van der Waals surface area contributed by atoms with Gasteiger partial charge >= 0.3 is 0 Å². The molecule has 0 saturated heterocycles. The highest BCUT2D eigenvalue weighted by atomic mass is 32.3. The highest BCUT2D eigenvalue weighted by Gasteiger charge is 2.45. The molecular weight excluding hydrogens is 168 g/mol. The van der Waals surface area contributed by atoms with Crippen molar-refractivity contribution >= 4 is 10.8 Å². The Morgan fingerprint density at radius 3 is 1.82 bits per heavy atom. The monoisotopic (exact) mass is 181 g/mol. The van der Waals surface area contributed by atoms with Crippen molar-refractivity contribution in [3.63, 3.8) is 0 Å². The molecule has 1 unspecified atom stereocenters. The number of halogens is 2. The average Bonchev–Trinajstić information content (AvgIpc) is 1.83. The Morgan fingerprint density at radius 2 is 1.82 bits per heavy atom. The van der Waals surface area contributed by atoms with Crippen molar-refractivity contribution in [2.24, 2.45) is 5.92 Å². The maximum Gasteiger partial charge on any atom is 0.139 e. The zero-order chi connectivity index (χ0) is 9.28.